The number of ether oxygens (including phenoxy) is 2. The van der Waals surface area contributed by atoms with Gasteiger partial charge >= 0.3 is 12.2 Å². The highest BCUT2D eigenvalue weighted by atomic mass is 16.6. The highest BCUT2D eigenvalue weighted by molar-refractivity contribution is 5.70. The van der Waals surface area contributed by atoms with Crippen LogP contribution in [0.3, 0.4) is 0 Å². The fourth-order valence-corrected chi connectivity index (χ4v) is 2.35. The van der Waals surface area contributed by atoms with Gasteiger partial charge in [-0.3, -0.25) is 0 Å². The average Bonchev–Trinajstić information content (AvgIpc) is 2.85. The van der Waals surface area contributed by atoms with Gasteiger partial charge in [-0.05, 0) is 26.3 Å². The van der Waals surface area contributed by atoms with Crippen molar-refractivity contribution in [2.24, 2.45) is 0 Å². The Morgan fingerprint density at radius 3 is 2.54 bits per heavy atom. The molecule has 2 amide bonds. The number of aliphatic hydroxyl groups is 1. The number of carbonyl (C=O) groups excluding carboxylic acids is 2. The Bertz CT molecular complexity index is 570. The zero-order valence-corrected chi connectivity index (χ0v) is 14.2. The van der Waals surface area contributed by atoms with Gasteiger partial charge < -0.3 is 24.8 Å². The van der Waals surface area contributed by atoms with Gasteiger partial charge in [-0.25, -0.2) is 9.59 Å². The van der Waals surface area contributed by atoms with Crippen LogP contribution >= 0.6 is 0 Å². The molecule has 2 atom stereocenters. The highest BCUT2D eigenvalue weighted by Crippen LogP contribution is 2.14. The maximum atomic E-state index is 12.1. The number of amides is 2. The summed E-state index contributed by atoms with van der Waals surface area (Å²) in [6.07, 6.45) is -2.00. The van der Waals surface area contributed by atoms with Crippen LogP contribution in [0.1, 0.15) is 26.3 Å². The van der Waals surface area contributed by atoms with Gasteiger partial charge in [0.2, 0.25) is 0 Å². The summed E-state index contributed by atoms with van der Waals surface area (Å²) in [5, 5.41) is 12.6. The molecular formula is C17H24N2O5. The third-order valence-electron chi connectivity index (χ3n) is 3.45. The molecule has 1 fully saturated rings. The summed E-state index contributed by atoms with van der Waals surface area (Å²) in [5.74, 6) is 0. The first kappa shape index (κ1) is 18.1. The van der Waals surface area contributed by atoms with Gasteiger partial charge in [-0.15, -0.1) is 0 Å². The molecule has 132 valence electrons. The minimum Gasteiger partial charge on any atom is -0.445 e. The number of β-amino-alcohol motifs (C(OH)–C–C–N with tert-alkyl or cyclic N) is 1. The van der Waals surface area contributed by atoms with Crippen molar-refractivity contribution in [3.8, 4) is 0 Å². The van der Waals surface area contributed by atoms with E-state index in [0.717, 1.165) is 5.56 Å². The monoisotopic (exact) mass is 336 g/mol. The number of likely N-dealkylation sites (tertiary alicyclic amines) is 1. The van der Waals surface area contributed by atoms with Crippen molar-refractivity contribution in [3.63, 3.8) is 0 Å². The summed E-state index contributed by atoms with van der Waals surface area (Å²) in [5.41, 5.74) is 0.260. The van der Waals surface area contributed by atoms with Gasteiger partial charge in [0, 0.05) is 6.54 Å². The Morgan fingerprint density at radius 2 is 1.92 bits per heavy atom. The molecule has 0 spiro atoms. The standard InChI is InChI=1S/C17H24N2O5/c1-17(2,3)24-15(21)18-13-9-19(10-14(13)20)16(22)23-11-12-7-5-4-6-8-12/h4-8,13-14,20H,9-11H2,1-3H3,(H,18,21)/t13?,14-/m0/s1. The van der Waals surface area contributed by atoms with E-state index in [1.807, 2.05) is 30.3 Å². The molecule has 1 aliphatic heterocycles. The van der Waals surface area contributed by atoms with Crippen molar-refractivity contribution in [3.05, 3.63) is 35.9 Å². The molecule has 1 aromatic rings. The largest absolute Gasteiger partial charge is 0.445 e. The van der Waals surface area contributed by atoms with Gasteiger partial charge in [0.25, 0.3) is 0 Å². The first-order chi connectivity index (χ1) is 11.2. The molecule has 0 aromatic heterocycles. The zero-order valence-electron chi connectivity index (χ0n) is 14.2. The minimum absolute atomic E-state index is 0.105. The van der Waals surface area contributed by atoms with Gasteiger partial charge in [0.05, 0.1) is 18.7 Å². The number of alkyl carbamates (subject to hydrolysis) is 1. The van der Waals surface area contributed by atoms with Crippen LogP contribution in [0.4, 0.5) is 9.59 Å². The molecule has 2 N–H and O–H groups in total. The van der Waals surface area contributed by atoms with Crippen molar-refractivity contribution in [2.45, 2.75) is 45.1 Å². The quantitative estimate of drug-likeness (QED) is 0.880. The highest BCUT2D eigenvalue weighted by Gasteiger charge is 2.36. The lowest BCUT2D eigenvalue weighted by atomic mass is 10.2. The number of nitrogens with zero attached hydrogens (tertiary/aromatic N) is 1. The summed E-state index contributed by atoms with van der Waals surface area (Å²) < 4.78 is 10.4. The van der Waals surface area contributed by atoms with E-state index in [1.165, 1.54) is 4.90 Å². The Balaban J connectivity index is 1.81. The lowest BCUT2D eigenvalue weighted by Crippen LogP contribution is -2.45. The number of hydrogen-bond acceptors (Lipinski definition) is 5. The van der Waals surface area contributed by atoms with E-state index in [9.17, 15) is 14.7 Å². The molecule has 7 heteroatoms. The predicted octanol–water partition coefficient (Wildman–Crippen LogP) is 1.89. The molecule has 1 saturated heterocycles. The van der Waals surface area contributed by atoms with Crippen LogP contribution in [0.15, 0.2) is 30.3 Å². The number of rotatable bonds is 3. The van der Waals surface area contributed by atoms with Gasteiger partial charge in [0.15, 0.2) is 0 Å². The third kappa shape index (κ3) is 5.42. The van der Waals surface area contributed by atoms with Crippen LogP contribution < -0.4 is 5.32 Å². The molecule has 7 nitrogen and oxygen atoms in total. The fraction of sp³-hybridized carbons (Fsp3) is 0.529. The van der Waals surface area contributed by atoms with Crippen LogP contribution in [0.25, 0.3) is 0 Å². The number of nitrogens with one attached hydrogen (secondary N) is 1. The molecule has 1 unspecified atom stereocenters. The van der Waals surface area contributed by atoms with E-state index in [-0.39, 0.29) is 19.7 Å². The number of benzene rings is 1. The molecule has 1 aromatic carbocycles. The number of hydrogen-bond donors (Lipinski definition) is 2. The van der Waals surface area contributed by atoms with Crippen LogP contribution in [-0.4, -0.2) is 53.0 Å². The average molecular weight is 336 g/mol. The molecule has 0 aliphatic carbocycles. The Morgan fingerprint density at radius 1 is 1.25 bits per heavy atom. The first-order valence-corrected chi connectivity index (χ1v) is 7.88. The van der Waals surface area contributed by atoms with E-state index in [2.05, 4.69) is 5.32 Å². The summed E-state index contributed by atoms with van der Waals surface area (Å²) in [7, 11) is 0. The van der Waals surface area contributed by atoms with E-state index in [1.54, 1.807) is 20.8 Å². The molecule has 0 bridgehead atoms. The van der Waals surface area contributed by atoms with Crippen LogP contribution in [-0.2, 0) is 16.1 Å². The topological polar surface area (TPSA) is 88.1 Å². The lowest BCUT2D eigenvalue weighted by Gasteiger charge is -2.22. The maximum Gasteiger partial charge on any atom is 0.410 e. The second-order valence-corrected chi connectivity index (χ2v) is 6.77. The van der Waals surface area contributed by atoms with E-state index >= 15 is 0 Å². The molecular weight excluding hydrogens is 312 g/mol. The Labute approximate surface area is 141 Å². The second-order valence-electron chi connectivity index (χ2n) is 6.77. The van der Waals surface area contributed by atoms with Gasteiger partial charge in [-0.2, -0.15) is 0 Å². The van der Waals surface area contributed by atoms with Gasteiger partial charge in [0.1, 0.15) is 12.2 Å². The minimum atomic E-state index is -0.859. The molecule has 1 aliphatic rings. The number of carbonyl (C=O) groups is 2. The van der Waals surface area contributed by atoms with Gasteiger partial charge in [-0.1, -0.05) is 30.3 Å². The van der Waals surface area contributed by atoms with Crippen molar-refractivity contribution < 1.29 is 24.2 Å². The molecule has 0 radical (unpaired) electrons. The zero-order chi connectivity index (χ0) is 17.7. The molecule has 0 saturated carbocycles. The molecule has 24 heavy (non-hydrogen) atoms. The van der Waals surface area contributed by atoms with E-state index in [0.29, 0.717) is 0 Å². The summed E-state index contributed by atoms with van der Waals surface area (Å²) in [6.45, 7) is 5.71. The molecule has 2 rings (SSSR count). The maximum absolute atomic E-state index is 12.1. The van der Waals surface area contributed by atoms with Crippen molar-refractivity contribution >= 4 is 12.2 Å². The lowest BCUT2D eigenvalue weighted by molar-refractivity contribution is 0.0461. The van der Waals surface area contributed by atoms with Crippen LogP contribution in [0, 0.1) is 0 Å². The molecule has 1 heterocycles. The first-order valence-electron chi connectivity index (χ1n) is 7.88. The summed E-state index contributed by atoms with van der Waals surface area (Å²) in [4.78, 5) is 25.2. The Hall–Kier alpha value is -2.28. The van der Waals surface area contributed by atoms with E-state index < -0.39 is 29.9 Å². The second kappa shape index (κ2) is 7.53. The van der Waals surface area contributed by atoms with Crippen LogP contribution in [0.2, 0.25) is 0 Å². The Kier molecular flexibility index (Phi) is 5.66. The summed E-state index contributed by atoms with van der Waals surface area (Å²) >= 11 is 0. The normalized spacial score (nSPS) is 20.6. The van der Waals surface area contributed by atoms with Crippen molar-refractivity contribution in [1.29, 1.82) is 0 Å². The SMILES string of the molecule is CC(C)(C)OC(=O)NC1CN(C(=O)OCc2ccccc2)C[C@@H]1O. The fourth-order valence-electron chi connectivity index (χ4n) is 2.35. The predicted molar refractivity (Wildman–Crippen MR) is 87.4 cm³/mol. The third-order valence-corrected chi connectivity index (χ3v) is 3.45. The van der Waals surface area contributed by atoms with Crippen molar-refractivity contribution in [2.75, 3.05) is 13.1 Å². The smallest absolute Gasteiger partial charge is 0.410 e. The van der Waals surface area contributed by atoms with Crippen molar-refractivity contribution in [1.82, 2.24) is 10.2 Å². The number of aliphatic hydroxyl groups excluding tert-OH is 1. The van der Waals surface area contributed by atoms with Crippen LogP contribution in [0.5, 0.6) is 0 Å². The van der Waals surface area contributed by atoms with E-state index in [4.69, 9.17) is 9.47 Å². The summed E-state index contributed by atoms with van der Waals surface area (Å²) in [6, 6.07) is 8.75.